The van der Waals surface area contributed by atoms with Gasteiger partial charge in [-0.2, -0.15) is 5.10 Å². The lowest BCUT2D eigenvalue weighted by molar-refractivity contribution is 0.482. The molecule has 0 saturated carbocycles. The minimum atomic E-state index is 0.0784. The van der Waals surface area contributed by atoms with Crippen LogP contribution < -0.4 is 0 Å². The van der Waals surface area contributed by atoms with E-state index in [1.807, 2.05) is 47.0 Å². The molecular formula is C18H22N6. The monoisotopic (exact) mass is 322 g/mol. The molecule has 0 bridgehead atoms. The normalized spacial score (nSPS) is 12.3. The highest BCUT2D eigenvalue weighted by Gasteiger charge is 2.17. The molecule has 0 unspecified atom stereocenters. The zero-order chi connectivity index (χ0) is 17.1. The summed E-state index contributed by atoms with van der Waals surface area (Å²) in [4.78, 5) is 4.50. The van der Waals surface area contributed by atoms with Crippen molar-refractivity contribution in [3.05, 3.63) is 60.3 Å². The zero-order valence-electron chi connectivity index (χ0n) is 14.3. The number of aromatic nitrogens is 6. The molecule has 1 atom stereocenters. The highest BCUT2D eigenvalue weighted by molar-refractivity contribution is 5.59. The van der Waals surface area contributed by atoms with Crippen LogP contribution in [0.1, 0.15) is 36.3 Å². The van der Waals surface area contributed by atoms with Crippen LogP contribution in [0.4, 0.5) is 0 Å². The highest BCUT2D eigenvalue weighted by atomic mass is 15.4. The maximum atomic E-state index is 4.50. The van der Waals surface area contributed by atoms with Crippen molar-refractivity contribution in [1.29, 1.82) is 0 Å². The fraction of sp³-hybridized carbons (Fsp3) is 0.333. The fourth-order valence-electron chi connectivity index (χ4n) is 2.83. The van der Waals surface area contributed by atoms with Gasteiger partial charge in [-0.3, -0.25) is 9.67 Å². The Bertz CT molecular complexity index is 845. The summed E-state index contributed by atoms with van der Waals surface area (Å²) in [5, 5.41) is 13.1. The minimum Gasteiger partial charge on any atom is -0.265 e. The second-order valence-electron chi connectivity index (χ2n) is 5.88. The van der Waals surface area contributed by atoms with Crippen LogP contribution in [0, 0.1) is 13.8 Å². The largest absolute Gasteiger partial charge is 0.265 e. The molecule has 124 valence electrons. The molecule has 6 heteroatoms. The maximum Gasteiger partial charge on any atom is 0.116 e. The van der Waals surface area contributed by atoms with E-state index >= 15 is 0 Å². The maximum absolute atomic E-state index is 4.50. The van der Waals surface area contributed by atoms with Crippen LogP contribution in [0.5, 0.6) is 0 Å². The Morgan fingerprint density at radius 1 is 1.33 bits per heavy atom. The summed E-state index contributed by atoms with van der Waals surface area (Å²) in [7, 11) is 0. The Hall–Kier alpha value is -2.76. The Morgan fingerprint density at radius 2 is 2.17 bits per heavy atom. The summed E-state index contributed by atoms with van der Waals surface area (Å²) in [6, 6.07) is 4.18. The van der Waals surface area contributed by atoms with Gasteiger partial charge >= 0.3 is 0 Å². The summed E-state index contributed by atoms with van der Waals surface area (Å²) >= 11 is 0. The minimum absolute atomic E-state index is 0.0784. The van der Waals surface area contributed by atoms with Gasteiger partial charge in [-0.25, -0.2) is 4.68 Å². The summed E-state index contributed by atoms with van der Waals surface area (Å²) in [6.07, 6.45) is 8.37. The van der Waals surface area contributed by atoms with Gasteiger partial charge in [-0.05, 0) is 38.0 Å². The van der Waals surface area contributed by atoms with Crippen LogP contribution in [-0.4, -0.2) is 29.8 Å². The molecule has 0 saturated heterocycles. The Kier molecular flexibility index (Phi) is 4.55. The van der Waals surface area contributed by atoms with Gasteiger partial charge in [0.2, 0.25) is 0 Å². The van der Waals surface area contributed by atoms with Gasteiger partial charge in [0.25, 0.3) is 0 Å². The van der Waals surface area contributed by atoms with Gasteiger partial charge in [0.15, 0.2) is 0 Å². The third-order valence-corrected chi connectivity index (χ3v) is 4.18. The molecule has 6 nitrogen and oxygen atoms in total. The average Bonchev–Trinajstić information content (AvgIpc) is 3.17. The summed E-state index contributed by atoms with van der Waals surface area (Å²) in [6.45, 7) is 10.7. The number of allylic oxidation sites excluding steroid dienone is 1. The summed E-state index contributed by atoms with van der Waals surface area (Å²) < 4.78 is 3.79. The first-order chi connectivity index (χ1) is 11.6. The van der Waals surface area contributed by atoms with Gasteiger partial charge < -0.3 is 0 Å². The number of aryl methyl sites for hydroxylation is 1. The molecule has 3 aromatic rings. The SMILES string of the molecule is C=CCn1ncc(-c2cn([C@@H](CC)c3cc(C)ccn3)nn2)c1C. The van der Waals surface area contributed by atoms with E-state index in [2.05, 4.69) is 46.9 Å². The van der Waals surface area contributed by atoms with Crippen molar-refractivity contribution >= 4 is 0 Å². The number of pyridine rings is 1. The molecule has 0 aliphatic rings. The van der Waals surface area contributed by atoms with Crippen molar-refractivity contribution in [2.45, 2.75) is 39.8 Å². The van der Waals surface area contributed by atoms with Gasteiger partial charge in [-0.1, -0.05) is 18.2 Å². The van der Waals surface area contributed by atoms with E-state index in [-0.39, 0.29) is 6.04 Å². The number of hydrogen-bond acceptors (Lipinski definition) is 4. The van der Waals surface area contributed by atoms with E-state index in [1.165, 1.54) is 5.56 Å². The molecular weight excluding hydrogens is 300 g/mol. The smallest absolute Gasteiger partial charge is 0.116 e. The van der Waals surface area contributed by atoms with Crippen molar-refractivity contribution in [3.63, 3.8) is 0 Å². The number of rotatable bonds is 6. The number of hydrogen-bond donors (Lipinski definition) is 0. The molecule has 0 aromatic carbocycles. The standard InChI is InChI=1S/C18H22N6/c1-5-9-23-14(4)15(11-20-23)17-12-24(22-21-17)18(6-2)16-10-13(3)7-8-19-16/h5,7-8,10-12,18H,1,6,9H2,2-4H3/t18-/m0/s1. The lowest BCUT2D eigenvalue weighted by atomic mass is 10.1. The van der Waals surface area contributed by atoms with Crippen molar-refractivity contribution in [2.75, 3.05) is 0 Å². The third kappa shape index (κ3) is 2.99. The second kappa shape index (κ2) is 6.78. The lowest BCUT2D eigenvalue weighted by Gasteiger charge is -2.14. The second-order valence-corrected chi connectivity index (χ2v) is 5.88. The zero-order valence-corrected chi connectivity index (χ0v) is 14.3. The van der Waals surface area contributed by atoms with Gasteiger partial charge in [-0.15, -0.1) is 11.7 Å². The third-order valence-electron chi connectivity index (χ3n) is 4.18. The van der Waals surface area contributed by atoms with Gasteiger partial charge in [0.1, 0.15) is 5.69 Å². The fourth-order valence-corrected chi connectivity index (χ4v) is 2.83. The van der Waals surface area contributed by atoms with Gasteiger partial charge in [0.05, 0.1) is 30.7 Å². The van der Waals surface area contributed by atoms with Crippen molar-refractivity contribution in [3.8, 4) is 11.3 Å². The van der Waals surface area contributed by atoms with E-state index in [1.54, 1.807) is 0 Å². The van der Waals surface area contributed by atoms with Crippen molar-refractivity contribution in [2.24, 2.45) is 0 Å². The van der Waals surface area contributed by atoms with E-state index in [0.29, 0.717) is 6.54 Å². The summed E-state index contributed by atoms with van der Waals surface area (Å²) in [5.41, 5.74) is 5.08. The molecule has 3 aromatic heterocycles. The van der Waals surface area contributed by atoms with Gasteiger partial charge in [0, 0.05) is 17.5 Å². The molecule has 3 rings (SSSR count). The van der Waals surface area contributed by atoms with Crippen LogP contribution in [0.25, 0.3) is 11.3 Å². The van der Waals surface area contributed by atoms with Crippen LogP contribution in [-0.2, 0) is 6.54 Å². The predicted octanol–water partition coefficient (Wildman–Crippen LogP) is 3.34. The molecule has 0 radical (unpaired) electrons. The predicted molar refractivity (Wildman–Crippen MR) is 93.6 cm³/mol. The first kappa shape index (κ1) is 16.1. The van der Waals surface area contributed by atoms with E-state index in [0.717, 1.165) is 29.1 Å². The van der Waals surface area contributed by atoms with Crippen molar-refractivity contribution < 1.29 is 0 Å². The first-order valence-corrected chi connectivity index (χ1v) is 8.12. The van der Waals surface area contributed by atoms with E-state index < -0.39 is 0 Å². The van der Waals surface area contributed by atoms with E-state index in [4.69, 9.17) is 0 Å². The Balaban J connectivity index is 1.93. The van der Waals surface area contributed by atoms with Crippen LogP contribution in [0.2, 0.25) is 0 Å². The lowest BCUT2D eigenvalue weighted by Crippen LogP contribution is -2.12. The Labute approximate surface area is 141 Å². The topological polar surface area (TPSA) is 61.4 Å². The molecule has 3 heterocycles. The molecule has 0 N–H and O–H groups in total. The average molecular weight is 322 g/mol. The van der Waals surface area contributed by atoms with Crippen molar-refractivity contribution in [1.82, 2.24) is 29.8 Å². The van der Waals surface area contributed by atoms with E-state index in [9.17, 15) is 0 Å². The quantitative estimate of drug-likeness (QED) is 0.653. The number of nitrogens with zero attached hydrogens (tertiary/aromatic N) is 6. The first-order valence-electron chi connectivity index (χ1n) is 8.12. The molecule has 24 heavy (non-hydrogen) atoms. The molecule has 0 aliphatic heterocycles. The van der Waals surface area contributed by atoms with Crippen LogP contribution in [0.3, 0.4) is 0 Å². The summed E-state index contributed by atoms with van der Waals surface area (Å²) in [5.74, 6) is 0. The van der Waals surface area contributed by atoms with Crippen LogP contribution >= 0.6 is 0 Å². The molecule has 0 fully saturated rings. The van der Waals surface area contributed by atoms with Crippen LogP contribution in [0.15, 0.2) is 43.4 Å². The highest BCUT2D eigenvalue weighted by Crippen LogP contribution is 2.24. The molecule has 0 spiro atoms. The molecule has 0 amide bonds. The molecule has 0 aliphatic carbocycles. The Morgan fingerprint density at radius 3 is 2.88 bits per heavy atom.